The summed E-state index contributed by atoms with van der Waals surface area (Å²) in [4.78, 5) is 23.9. The average molecular weight is 181 g/mol. The van der Waals surface area contributed by atoms with Crippen molar-refractivity contribution >= 4 is 12.0 Å². The van der Waals surface area contributed by atoms with Crippen LogP contribution in [0.1, 0.15) is 16.3 Å². The van der Waals surface area contributed by atoms with Crippen molar-refractivity contribution in [1.29, 1.82) is 0 Å². The highest BCUT2D eigenvalue weighted by atomic mass is 16.5. The van der Waals surface area contributed by atoms with E-state index in [1.807, 2.05) is 0 Å². The summed E-state index contributed by atoms with van der Waals surface area (Å²) in [5.41, 5.74) is 0. The van der Waals surface area contributed by atoms with Gasteiger partial charge in [-0.3, -0.25) is 0 Å². The van der Waals surface area contributed by atoms with Gasteiger partial charge in [0.2, 0.25) is 11.8 Å². The van der Waals surface area contributed by atoms with Crippen LogP contribution in [0.5, 0.6) is 0 Å². The lowest BCUT2D eigenvalue weighted by atomic mass is 10.4. The molecule has 0 radical (unpaired) electrons. The van der Waals surface area contributed by atoms with E-state index >= 15 is 0 Å². The molecular formula is C8H7NO4. The van der Waals surface area contributed by atoms with Crippen molar-refractivity contribution < 1.29 is 18.7 Å². The highest BCUT2D eigenvalue weighted by molar-refractivity contribution is 5.86. The first-order chi connectivity index (χ1) is 6.27. The Morgan fingerprint density at radius 1 is 1.69 bits per heavy atom. The summed E-state index contributed by atoms with van der Waals surface area (Å²) < 4.78 is 9.40. The zero-order chi connectivity index (χ0) is 9.68. The van der Waals surface area contributed by atoms with Gasteiger partial charge in [-0.1, -0.05) is 0 Å². The van der Waals surface area contributed by atoms with Gasteiger partial charge in [-0.15, -0.1) is 0 Å². The first-order valence-corrected chi connectivity index (χ1v) is 3.48. The van der Waals surface area contributed by atoms with Gasteiger partial charge in [0, 0.05) is 0 Å². The predicted octanol–water partition coefficient (Wildman–Crippen LogP) is 0.902. The van der Waals surface area contributed by atoms with Crippen LogP contribution >= 0.6 is 0 Å². The van der Waals surface area contributed by atoms with E-state index in [0.717, 1.165) is 0 Å². The summed E-state index contributed by atoms with van der Waals surface area (Å²) in [6.45, 7) is 0.0838. The summed E-state index contributed by atoms with van der Waals surface area (Å²) in [5.74, 6) is -0.0383. The number of aliphatic imine (C=N–C) groups is 1. The first-order valence-electron chi connectivity index (χ1n) is 3.48. The predicted molar refractivity (Wildman–Crippen MR) is 41.9 cm³/mol. The van der Waals surface area contributed by atoms with Gasteiger partial charge in [0.15, 0.2) is 0 Å². The van der Waals surface area contributed by atoms with Gasteiger partial charge in [-0.25, -0.2) is 9.59 Å². The number of nitrogens with zero attached hydrogens (tertiary/aromatic N) is 1. The molecule has 0 aromatic carbocycles. The summed E-state index contributed by atoms with van der Waals surface area (Å²) in [6, 6.07) is 3.01. The molecule has 0 saturated carbocycles. The van der Waals surface area contributed by atoms with Crippen LogP contribution in [0.15, 0.2) is 21.5 Å². The molecule has 1 aromatic rings. The molecular weight excluding hydrogens is 174 g/mol. The Morgan fingerprint density at radius 2 is 2.46 bits per heavy atom. The minimum Gasteiger partial charge on any atom is -0.463 e. The molecule has 1 rings (SSSR count). The molecule has 13 heavy (non-hydrogen) atoms. The third-order valence-corrected chi connectivity index (χ3v) is 1.35. The number of carbonyl (C=O) groups is 1. The smallest absolute Gasteiger partial charge is 0.373 e. The highest BCUT2D eigenvalue weighted by Gasteiger charge is 2.10. The normalized spacial score (nSPS) is 9.00. The third-order valence-electron chi connectivity index (χ3n) is 1.35. The Kier molecular flexibility index (Phi) is 3.00. The fourth-order valence-corrected chi connectivity index (χ4v) is 0.783. The molecule has 0 spiro atoms. The molecule has 0 saturated heterocycles. The van der Waals surface area contributed by atoms with Gasteiger partial charge in [0.05, 0.1) is 7.11 Å². The van der Waals surface area contributed by atoms with E-state index < -0.39 is 5.97 Å². The monoisotopic (exact) mass is 181 g/mol. The van der Waals surface area contributed by atoms with Crippen LogP contribution < -0.4 is 0 Å². The number of ether oxygens (including phenoxy) is 1. The van der Waals surface area contributed by atoms with Crippen molar-refractivity contribution in [2.45, 2.75) is 6.54 Å². The molecule has 0 unspecified atom stereocenters. The SMILES string of the molecule is COC(=O)c1ccc(CN=C=O)o1. The molecule has 5 heteroatoms. The van der Waals surface area contributed by atoms with Crippen LogP contribution in [-0.4, -0.2) is 19.2 Å². The number of rotatable bonds is 3. The van der Waals surface area contributed by atoms with Crippen molar-refractivity contribution in [3.8, 4) is 0 Å². The Morgan fingerprint density at radius 3 is 3.08 bits per heavy atom. The molecule has 0 atom stereocenters. The molecule has 0 aliphatic rings. The van der Waals surface area contributed by atoms with Crippen molar-refractivity contribution in [3.05, 3.63) is 23.7 Å². The molecule has 0 amide bonds. The Balaban J connectivity index is 2.74. The van der Waals surface area contributed by atoms with E-state index in [1.165, 1.54) is 19.3 Å². The molecule has 0 fully saturated rings. The highest BCUT2D eigenvalue weighted by Crippen LogP contribution is 2.09. The fourth-order valence-electron chi connectivity index (χ4n) is 0.783. The Bertz CT molecular complexity index is 349. The van der Waals surface area contributed by atoms with Gasteiger partial charge in [0.1, 0.15) is 12.3 Å². The maximum atomic E-state index is 10.9. The number of esters is 1. The number of carbonyl (C=O) groups excluding carboxylic acids is 2. The zero-order valence-corrected chi connectivity index (χ0v) is 6.94. The molecule has 0 aliphatic carbocycles. The van der Waals surface area contributed by atoms with E-state index in [0.29, 0.717) is 5.76 Å². The molecule has 0 bridgehead atoms. The van der Waals surface area contributed by atoms with Gasteiger partial charge >= 0.3 is 5.97 Å². The van der Waals surface area contributed by atoms with E-state index in [4.69, 9.17) is 4.42 Å². The topological polar surface area (TPSA) is 68.9 Å². The minimum atomic E-state index is -0.554. The molecule has 0 N–H and O–H groups in total. The van der Waals surface area contributed by atoms with Crippen molar-refractivity contribution in [3.63, 3.8) is 0 Å². The summed E-state index contributed by atoms with van der Waals surface area (Å²) in [5, 5.41) is 0. The minimum absolute atomic E-state index is 0.0838. The second-order valence-corrected chi connectivity index (χ2v) is 2.17. The van der Waals surface area contributed by atoms with Crippen molar-refractivity contribution in [2.75, 3.05) is 7.11 Å². The van der Waals surface area contributed by atoms with E-state index in [1.54, 1.807) is 6.07 Å². The second-order valence-electron chi connectivity index (χ2n) is 2.17. The summed E-state index contributed by atoms with van der Waals surface area (Å²) in [7, 11) is 1.26. The van der Waals surface area contributed by atoms with Gasteiger partial charge in [-0.2, -0.15) is 4.99 Å². The molecule has 1 heterocycles. The lowest BCUT2D eigenvalue weighted by Crippen LogP contribution is -1.98. The van der Waals surface area contributed by atoms with Gasteiger partial charge < -0.3 is 9.15 Å². The zero-order valence-electron chi connectivity index (χ0n) is 6.94. The van der Waals surface area contributed by atoms with Crippen LogP contribution in [-0.2, 0) is 16.1 Å². The molecule has 5 nitrogen and oxygen atoms in total. The maximum Gasteiger partial charge on any atom is 0.373 e. The standard InChI is InChI=1S/C8H7NO4/c1-12-8(11)7-3-2-6(13-7)4-9-5-10/h2-3H,4H2,1H3. The lowest BCUT2D eigenvalue weighted by molar-refractivity contribution is 0.0563. The van der Waals surface area contributed by atoms with Crippen molar-refractivity contribution in [1.82, 2.24) is 0 Å². The second kappa shape index (κ2) is 4.23. The Labute approximate surface area is 74.0 Å². The average Bonchev–Trinajstić information content (AvgIpc) is 2.62. The number of isocyanates is 1. The van der Waals surface area contributed by atoms with Gasteiger partial charge in [-0.05, 0) is 12.1 Å². The molecule has 68 valence electrons. The van der Waals surface area contributed by atoms with Crippen molar-refractivity contribution in [2.24, 2.45) is 4.99 Å². The van der Waals surface area contributed by atoms with Crippen LogP contribution in [0.4, 0.5) is 0 Å². The van der Waals surface area contributed by atoms with Gasteiger partial charge in [0.25, 0.3) is 0 Å². The number of methoxy groups -OCH3 is 1. The quantitative estimate of drug-likeness (QED) is 0.394. The first kappa shape index (κ1) is 9.22. The Hall–Kier alpha value is -1.87. The van der Waals surface area contributed by atoms with E-state index in [-0.39, 0.29) is 12.3 Å². The maximum absolute atomic E-state index is 10.9. The van der Waals surface area contributed by atoms with E-state index in [2.05, 4.69) is 9.73 Å². The summed E-state index contributed by atoms with van der Waals surface area (Å²) in [6.07, 6.45) is 1.37. The number of hydrogen-bond donors (Lipinski definition) is 0. The largest absolute Gasteiger partial charge is 0.463 e. The van der Waals surface area contributed by atoms with Crippen LogP contribution in [0.25, 0.3) is 0 Å². The number of furan rings is 1. The number of hydrogen-bond acceptors (Lipinski definition) is 5. The fraction of sp³-hybridized carbons (Fsp3) is 0.250. The summed E-state index contributed by atoms with van der Waals surface area (Å²) >= 11 is 0. The van der Waals surface area contributed by atoms with Crippen LogP contribution in [0.2, 0.25) is 0 Å². The van der Waals surface area contributed by atoms with E-state index in [9.17, 15) is 9.59 Å². The van der Waals surface area contributed by atoms with Crippen LogP contribution in [0.3, 0.4) is 0 Å². The molecule has 0 aliphatic heterocycles. The molecule has 1 aromatic heterocycles. The third kappa shape index (κ3) is 2.28. The lowest BCUT2D eigenvalue weighted by Gasteiger charge is -1.91. The van der Waals surface area contributed by atoms with Crippen LogP contribution in [0, 0.1) is 0 Å².